The first-order valence-corrected chi connectivity index (χ1v) is 2.79. The second-order valence-electron chi connectivity index (χ2n) is 0.793. The molecule has 0 rings (SSSR count). The number of rotatable bonds is 1. The summed E-state index contributed by atoms with van der Waals surface area (Å²) < 4.78 is 0. The molecule has 0 saturated heterocycles. The third-order valence-corrected chi connectivity index (χ3v) is 0.783. The van der Waals surface area contributed by atoms with Gasteiger partial charge in [0.15, 0.2) is 0 Å². The van der Waals surface area contributed by atoms with E-state index in [0.717, 1.165) is 6.42 Å². The molecule has 0 spiro atoms. The van der Waals surface area contributed by atoms with Crippen molar-refractivity contribution >= 4 is 16.9 Å². The zero-order valence-electron chi connectivity index (χ0n) is 3.31. The van der Waals surface area contributed by atoms with Crippen LogP contribution in [0.3, 0.4) is 0 Å². The van der Waals surface area contributed by atoms with Crippen LogP contribution < -0.4 is 0 Å². The Morgan fingerprint density at radius 2 is 2.40 bits per heavy atom. The summed E-state index contributed by atoms with van der Waals surface area (Å²) in [4.78, 5) is 1.99. The maximum absolute atomic E-state index is 2.40. The molecule has 1 heteroatoms. The summed E-state index contributed by atoms with van der Waals surface area (Å²) in [7, 11) is 0. The van der Waals surface area contributed by atoms with Gasteiger partial charge in [-0.2, -0.15) is 0 Å². The maximum atomic E-state index is 2.40. The third-order valence-electron chi connectivity index (χ3n) is 0.341. The molecule has 0 heterocycles. The average molecular weight is 130 g/mol. The fraction of sp³-hybridized carbons (Fsp3) is 0.500. The summed E-state index contributed by atoms with van der Waals surface area (Å²) in [5.41, 5.74) is 0. The second-order valence-corrected chi connectivity index (χ2v) is 1.42. The van der Waals surface area contributed by atoms with E-state index in [-0.39, 0.29) is 0 Å². The average Bonchev–Trinajstić information content (AvgIpc) is 1.41. The Labute approximate surface area is 41.8 Å². The van der Waals surface area contributed by atoms with Gasteiger partial charge in [-0.1, -0.05) is 0 Å². The molecule has 0 aromatic heterocycles. The van der Waals surface area contributed by atoms with Crippen LogP contribution in [0.15, 0.2) is 10.9 Å². The molecule has 0 bridgehead atoms. The van der Waals surface area contributed by atoms with Crippen molar-refractivity contribution in [3.05, 3.63) is 10.9 Å². The summed E-state index contributed by atoms with van der Waals surface area (Å²) in [6.45, 7) is 2.12. The van der Waals surface area contributed by atoms with Crippen LogP contribution >= 0.6 is 0 Å². The summed E-state index contributed by atoms with van der Waals surface area (Å²) in [5, 5.41) is 0. The van der Waals surface area contributed by atoms with Gasteiger partial charge in [0, 0.05) is 0 Å². The van der Waals surface area contributed by atoms with Crippen LogP contribution in [0.5, 0.6) is 0 Å². The van der Waals surface area contributed by atoms with Crippen LogP contribution in [0.25, 0.3) is 0 Å². The van der Waals surface area contributed by atoms with Crippen LogP contribution in [0.2, 0.25) is 0 Å². The molecular weight excluding hydrogens is 123 g/mol. The van der Waals surface area contributed by atoms with E-state index in [1.54, 1.807) is 0 Å². The van der Waals surface area contributed by atoms with Gasteiger partial charge in [-0.15, -0.1) is 0 Å². The third kappa shape index (κ3) is 4.30. The van der Waals surface area contributed by atoms with Crippen LogP contribution in [0.4, 0.5) is 0 Å². The first-order chi connectivity index (χ1) is 2.41. The SMILES string of the molecule is CCC=C[As]. The van der Waals surface area contributed by atoms with Crippen molar-refractivity contribution in [2.45, 2.75) is 13.3 Å². The van der Waals surface area contributed by atoms with Crippen LogP contribution in [-0.2, 0) is 0 Å². The molecule has 0 N–H and O–H groups in total. The van der Waals surface area contributed by atoms with E-state index in [9.17, 15) is 0 Å². The van der Waals surface area contributed by atoms with Crippen molar-refractivity contribution in [3.63, 3.8) is 0 Å². The molecule has 0 aliphatic heterocycles. The van der Waals surface area contributed by atoms with Crippen molar-refractivity contribution in [2.24, 2.45) is 0 Å². The number of allylic oxidation sites excluding steroid dienone is 1. The van der Waals surface area contributed by atoms with Gasteiger partial charge in [0.2, 0.25) is 0 Å². The van der Waals surface area contributed by atoms with E-state index >= 15 is 0 Å². The van der Waals surface area contributed by atoms with Crippen molar-refractivity contribution < 1.29 is 0 Å². The first-order valence-electron chi connectivity index (χ1n) is 1.71. The monoisotopic (exact) mass is 130 g/mol. The molecule has 0 amide bonds. The molecule has 0 atom stereocenters. The van der Waals surface area contributed by atoms with Gasteiger partial charge in [-0.05, 0) is 0 Å². The van der Waals surface area contributed by atoms with E-state index in [0.29, 0.717) is 0 Å². The molecule has 5 heavy (non-hydrogen) atoms. The van der Waals surface area contributed by atoms with E-state index in [1.807, 2.05) is 4.86 Å². The summed E-state index contributed by atoms with van der Waals surface area (Å²) in [6, 6.07) is 0. The van der Waals surface area contributed by atoms with Crippen molar-refractivity contribution in [3.8, 4) is 0 Å². The molecule has 0 aromatic rings. The van der Waals surface area contributed by atoms with Crippen LogP contribution in [0.1, 0.15) is 13.3 Å². The Morgan fingerprint density at radius 3 is 2.40 bits per heavy atom. The first kappa shape index (κ1) is 5.30. The Hall–Kier alpha value is 0.298. The standard InChI is InChI=1S/C4H7As/c1-2-3-4-5/h3-4H,2H2,1H3. The van der Waals surface area contributed by atoms with Gasteiger partial charge < -0.3 is 0 Å². The molecule has 0 saturated carbocycles. The molecular formula is C4H7As. The van der Waals surface area contributed by atoms with E-state index in [2.05, 4.69) is 29.9 Å². The predicted octanol–water partition coefficient (Wildman–Crippen LogP) is 1.08. The van der Waals surface area contributed by atoms with Gasteiger partial charge in [0.1, 0.15) is 0 Å². The quantitative estimate of drug-likeness (QED) is 0.466. The Kier molecular flexibility index (Phi) is 4.56. The zero-order valence-corrected chi connectivity index (χ0v) is 5.19. The minimum atomic E-state index is 1.15. The van der Waals surface area contributed by atoms with E-state index in [1.165, 1.54) is 0 Å². The zero-order chi connectivity index (χ0) is 4.12. The van der Waals surface area contributed by atoms with E-state index < -0.39 is 0 Å². The van der Waals surface area contributed by atoms with Gasteiger partial charge in [0.05, 0.1) is 0 Å². The molecule has 0 aliphatic carbocycles. The normalized spacial score (nSPS) is 10.0. The van der Waals surface area contributed by atoms with Crippen molar-refractivity contribution in [1.82, 2.24) is 0 Å². The van der Waals surface area contributed by atoms with Gasteiger partial charge in [-0.3, -0.25) is 0 Å². The molecule has 0 aliphatic rings. The summed E-state index contributed by atoms with van der Waals surface area (Å²) in [5.74, 6) is 0. The van der Waals surface area contributed by atoms with Gasteiger partial charge in [0.25, 0.3) is 0 Å². The fourth-order valence-corrected chi connectivity index (χ4v) is 0.548. The van der Waals surface area contributed by atoms with Crippen LogP contribution in [-0.4, -0.2) is 16.9 Å². The Bertz CT molecular complexity index is 30.6. The molecule has 2 radical (unpaired) electrons. The van der Waals surface area contributed by atoms with Crippen LogP contribution in [0, 0.1) is 0 Å². The van der Waals surface area contributed by atoms with E-state index in [4.69, 9.17) is 0 Å². The minimum absolute atomic E-state index is 1.15. The molecule has 0 unspecified atom stereocenters. The summed E-state index contributed by atoms with van der Waals surface area (Å²) >= 11 is 2.40. The predicted molar refractivity (Wildman–Crippen MR) is 25.2 cm³/mol. The second kappa shape index (κ2) is 4.30. The van der Waals surface area contributed by atoms with Crippen molar-refractivity contribution in [1.29, 1.82) is 0 Å². The molecule has 28 valence electrons. The Morgan fingerprint density at radius 1 is 1.80 bits per heavy atom. The van der Waals surface area contributed by atoms with Gasteiger partial charge >= 0.3 is 41.1 Å². The molecule has 0 nitrogen and oxygen atoms in total. The van der Waals surface area contributed by atoms with Crippen molar-refractivity contribution in [2.75, 3.05) is 0 Å². The number of hydrogen-bond acceptors (Lipinski definition) is 0. The fourth-order valence-electron chi connectivity index (χ4n) is 0.105. The molecule has 0 aromatic carbocycles. The molecule has 0 fully saturated rings. The number of hydrogen-bond donors (Lipinski definition) is 0. The van der Waals surface area contributed by atoms with Gasteiger partial charge in [-0.25, -0.2) is 0 Å². The Balaban J connectivity index is 2.62. The topological polar surface area (TPSA) is 0 Å². The summed E-state index contributed by atoms with van der Waals surface area (Å²) in [6.07, 6.45) is 3.24.